The molecule has 0 atom stereocenters. The first-order chi connectivity index (χ1) is 12.1. The number of carboxylic acid groups (broad SMARTS) is 1. The van der Waals surface area contributed by atoms with Crippen LogP contribution >= 0.6 is 69.6 Å². The van der Waals surface area contributed by atoms with Crippen molar-refractivity contribution in [2.75, 3.05) is 39.3 Å². The van der Waals surface area contributed by atoms with Crippen molar-refractivity contribution >= 4 is 75.6 Å². The highest BCUT2D eigenvalue weighted by Crippen LogP contribution is 2.39. The number of nitrogens with two attached hydrogens (primary N) is 2. The number of aliphatic carboxylic acids is 1. The van der Waals surface area contributed by atoms with Gasteiger partial charge in [-0.1, -0.05) is 0 Å². The van der Waals surface area contributed by atoms with E-state index in [-0.39, 0.29) is 0 Å². The molecule has 0 aromatic rings. The van der Waals surface area contributed by atoms with Crippen molar-refractivity contribution in [3.63, 3.8) is 0 Å². The Morgan fingerprint density at radius 1 is 0.731 bits per heavy atom. The Morgan fingerprint density at radius 3 is 1.08 bits per heavy atom. The highest BCUT2D eigenvalue weighted by Gasteiger charge is 2.46. The smallest absolute Gasteiger partial charge is 0.300 e. The first kappa shape index (κ1) is 29.3. The zero-order valence-corrected chi connectivity index (χ0v) is 19.0. The molecule has 0 aromatic carbocycles. The number of halogens is 6. The average molecular weight is 497 g/mol. The molecule has 1 saturated carbocycles. The summed E-state index contributed by atoms with van der Waals surface area (Å²) in [5, 5.41) is 11.1. The van der Waals surface area contributed by atoms with E-state index in [0.717, 1.165) is 33.1 Å². The van der Waals surface area contributed by atoms with E-state index < -0.39 is 38.2 Å². The fourth-order valence-corrected chi connectivity index (χ4v) is 4.01. The molecule has 0 radical (unpaired) electrons. The summed E-state index contributed by atoms with van der Waals surface area (Å²) in [6, 6.07) is 0. The van der Waals surface area contributed by atoms with Crippen molar-refractivity contribution in [1.82, 2.24) is 10.6 Å². The second kappa shape index (κ2) is 18.1. The fraction of sp³-hybridized carbons (Fsp3) is 0.929. The minimum absolute atomic E-state index is 0.437. The lowest BCUT2D eigenvalue weighted by Crippen LogP contribution is -2.52. The Bertz CT molecular complexity index is 289. The van der Waals surface area contributed by atoms with E-state index in [4.69, 9.17) is 91.0 Å². The van der Waals surface area contributed by atoms with Gasteiger partial charge in [-0.05, 0) is 0 Å². The van der Waals surface area contributed by atoms with Crippen molar-refractivity contribution in [1.29, 1.82) is 0 Å². The normalized spacial score (nSPS) is 30.5. The van der Waals surface area contributed by atoms with E-state index in [1.165, 1.54) is 0 Å². The molecule has 0 aromatic heterocycles. The van der Waals surface area contributed by atoms with Gasteiger partial charge in [-0.2, -0.15) is 0 Å². The van der Waals surface area contributed by atoms with E-state index in [9.17, 15) is 0 Å². The molecule has 7 N–H and O–H groups in total. The molecule has 0 bridgehead atoms. The summed E-state index contributed by atoms with van der Waals surface area (Å²) in [6.45, 7) is 6.22. The first-order valence-corrected chi connectivity index (χ1v) is 10.6. The Labute approximate surface area is 185 Å². The Hall–Kier alpha value is 1.05. The highest BCUT2D eigenvalue weighted by molar-refractivity contribution is 6.45. The number of hydrogen-bond donors (Lipinski definition) is 5. The van der Waals surface area contributed by atoms with Gasteiger partial charge < -0.3 is 27.2 Å². The lowest BCUT2D eigenvalue weighted by molar-refractivity contribution is -0.134. The monoisotopic (exact) mass is 494 g/mol. The van der Waals surface area contributed by atoms with Gasteiger partial charge in [-0.3, -0.25) is 4.79 Å². The van der Waals surface area contributed by atoms with Crippen LogP contribution in [0.1, 0.15) is 6.92 Å². The van der Waals surface area contributed by atoms with E-state index in [0.29, 0.717) is 13.1 Å². The molecule has 0 saturated heterocycles. The van der Waals surface area contributed by atoms with E-state index in [1.807, 2.05) is 0 Å². The summed E-state index contributed by atoms with van der Waals surface area (Å²) < 4.78 is 0. The number of rotatable bonds is 7. The van der Waals surface area contributed by atoms with Crippen LogP contribution in [0.25, 0.3) is 0 Å². The van der Waals surface area contributed by atoms with E-state index >= 15 is 0 Å². The van der Waals surface area contributed by atoms with Crippen molar-refractivity contribution < 1.29 is 9.90 Å². The predicted octanol–water partition coefficient (Wildman–Crippen LogP) is 1.82. The van der Waals surface area contributed by atoms with Crippen LogP contribution in [0.3, 0.4) is 0 Å². The molecule has 12 heteroatoms. The van der Waals surface area contributed by atoms with Gasteiger partial charge in [0.2, 0.25) is 0 Å². The van der Waals surface area contributed by atoms with Crippen LogP contribution in [0, 0.1) is 0 Å². The molecule has 0 unspecified atom stereocenters. The maximum absolute atomic E-state index is 9.00. The molecule has 0 heterocycles. The van der Waals surface area contributed by atoms with E-state index in [1.54, 1.807) is 0 Å². The topological polar surface area (TPSA) is 113 Å². The van der Waals surface area contributed by atoms with Gasteiger partial charge in [0.1, 0.15) is 0 Å². The van der Waals surface area contributed by atoms with Gasteiger partial charge in [0, 0.05) is 46.2 Å². The minimum Gasteiger partial charge on any atom is -0.481 e. The third-order valence-corrected chi connectivity index (χ3v) is 6.98. The fourth-order valence-electron chi connectivity index (χ4n) is 1.68. The lowest BCUT2D eigenvalue weighted by atomic mass is 9.97. The number of nitrogens with one attached hydrogen (secondary N) is 2. The predicted molar refractivity (Wildman–Crippen MR) is 115 cm³/mol. The first-order valence-electron chi connectivity index (χ1n) is 7.97. The maximum Gasteiger partial charge on any atom is 0.300 e. The summed E-state index contributed by atoms with van der Waals surface area (Å²) >= 11 is 35.3. The summed E-state index contributed by atoms with van der Waals surface area (Å²) in [6.07, 6.45) is 0. The summed E-state index contributed by atoms with van der Waals surface area (Å²) in [7, 11) is 0. The van der Waals surface area contributed by atoms with Crippen LogP contribution in [0.2, 0.25) is 0 Å². The molecule has 0 amide bonds. The Balaban J connectivity index is 0. The molecule has 6 nitrogen and oxygen atoms in total. The molecular formula is C14H28Cl6N4O2. The molecule has 1 aliphatic rings. The molecule has 0 spiro atoms. The SMILES string of the molecule is CC(=O)O.Cl[C@H]1[C@H](Cl)[C@@H](Cl)[C@@H](Cl)[C@H](Cl)[C@H]1Cl.NCCNCCNCCN. The Kier molecular flexibility index (Phi) is 20.4. The molecule has 1 rings (SSSR count). The summed E-state index contributed by atoms with van der Waals surface area (Å²) in [5.41, 5.74) is 10.5. The van der Waals surface area contributed by atoms with Crippen molar-refractivity contribution in [3.8, 4) is 0 Å². The average Bonchev–Trinajstić information content (AvgIpc) is 2.60. The van der Waals surface area contributed by atoms with Crippen LogP contribution in [0.15, 0.2) is 0 Å². The maximum atomic E-state index is 9.00. The number of carboxylic acids is 1. The van der Waals surface area contributed by atoms with Gasteiger partial charge >= 0.3 is 0 Å². The summed E-state index contributed by atoms with van der Waals surface area (Å²) in [4.78, 5) is 9.00. The van der Waals surface area contributed by atoms with Crippen LogP contribution in [-0.2, 0) is 4.79 Å². The number of carbonyl (C=O) groups is 1. The second-order valence-corrected chi connectivity index (χ2v) is 8.29. The summed E-state index contributed by atoms with van der Waals surface area (Å²) in [5.74, 6) is -0.833. The van der Waals surface area contributed by atoms with Crippen LogP contribution < -0.4 is 22.1 Å². The van der Waals surface area contributed by atoms with Gasteiger partial charge in [0.25, 0.3) is 5.97 Å². The van der Waals surface area contributed by atoms with Gasteiger partial charge in [-0.15, -0.1) is 69.6 Å². The van der Waals surface area contributed by atoms with Crippen LogP contribution in [-0.4, -0.2) is 82.6 Å². The highest BCUT2D eigenvalue weighted by atomic mass is 35.5. The molecule has 26 heavy (non-hydrogen) atoms. The molecular weight excluding hydrogens is 469 g/mol. The third-order valence-electron chi connectivity index (χ3n) is 2.95. The van der Waals surface area contributed by atoms with Crippen molar-refractivity contribution in [3.05, 3.63) is 0 Å². The van der Waals surface area contributed by atoms with Gasteiger partial charge in [-0.25, -0.2) is 0 Å². The Morgan fingerprint density at radius 2 is 0.923 bits per heavy atom. The zero-order chi connectivity index (χ0) is 20.7. The lowest BCUT2D eigenvalue weighted by Gasteiger charge is -2.37. The minimum atomic E-state index is -0.833. The number of alkyl halides is 6. The van der Waals surface area contributed by atoms with Crippen molar-refractivity contribution in [2.24, 2.45) is 11.5 Å². The van der Waals surface area contributed by atoms with Crippen LogP contribution in [0.5, 0.6) is 0 Å². The quantitative estimate of drug-likeness (QED) is 0.271. The molecule has 0 aliphatic heterocycles. The zero-order valence-electron chi connectivity index (χ0n) is 14.5. The van der Waals surface area contributed by atoms with Gasteiger partial charge in [0.15, 0.2) is 0 Å². The molecule has 1 aliphatic carbocycles. The van der Waals surface area contributed by atoms with Gasteiger partial charge in [0.05, 0.1) is 32.3 Å². The van der Waals surface area contributed by atoms with E-state index in [2.05, 4.69) is 10.6 Å². The standard InChI is InChI=1S/C6H6Cl6.C6H18N4.C2H4O2/c7-1-2(8)4(10)6(12)5(11)3(1)9;7-1-3-9-5-6-10-4-2-8;1-2(3)4/h1-6H;9-10H,1-8H2;1H3,(H,3,4)/t1-,2-,3-,4+,5+,6+;;. The number of hydrogen-bond acceptors (Lipinski definition) is 5. The largest absolute Gasteiger partial charge is 0.481 e. The van der Waals surface area contributed by atoms with Crippen LogP contribution in [0.4, 0.5) is 0 Å². The molecule has 158 valence electrons. The van der Waals surface area contributed by atoms with Crippen molar-refractivity contribution in [2.45, 2.75) is 39.2 Å². The molecule has 1 fully saturated rings. The second-order valence-electron chi connectivity index (χ2n) is 5.26. The third kappa shape index (κ3) is 14.1.